The van der Waals surface area contributed by atoms with E-state index < -0.39 is 141 Å². The number of likely N-dealkylation sites (N-methyl/N-ethyl adjacent to an activating group) is 1. The number of carbonyl (C=O) groups is 2. The van der Waals surface area contributed by atoms with Crippen molar-refractivity contribution in [3.63, 3.8) is 0 Å². The zero-order valence-corrected chi connectivity index (χ0v) is 50.0. The van der Waals surface area contributed by atoms with Crippen LogP contribution in [-0.4, -0.2) is 191 Å². The molecule has 4 aliphatic rings. The van der Waals surface area contributed by atoms with Crippen molar-refractivity contribution in [1.29, 1.82) is 0 Å². The third-order valence-corrected chi connectivity index (χ3v) is 19.4. The second kappa shape index (κ2) is 26.2. The molecule has 0 aliphatic carbocycles. The average molecular weight is 1160 g/mol. The molecule has 24 heteroatoms. The van der Waals surface area contributed by atoms with Crippen LogP contribution in [0.5, 0.6) is 0 Å². The Morgan fingerprint density at radius 2 is 1.66 bits per heavy atom. The van der Waals surface area contributed by atoms with E-state index in [1.807, 2.05) is 43.5 Å². The molecular weight excluding hydrogens is 1070 g/mol. The van der Waals surface area contributed by atoms with E-state index in [0.717, 1.165) is 28.8 Å². The van der Waals surface area contributed by atoms with E-state index in [0.29, 0.717) is 24.1 Å². The smallest absolute Gasteiger partial charge is 0.341 e. The first-order chi connectivity index (χ1) is 36.8. The maximum Gasteiger partial charge on any atom is 0.341 e. The number of aliphatic hydroxyl groups excluding tert-OH is 2. The summed E-state index contributed by atoms with van der Waals surface area (Å²) in [7, 11) is 0.815. The molecule has 3 saturated heterocycles. The number of rotatable bonds is 18. The molecule has 1 aromatic carbocycles. The number of methoxy groups -OCH3 is 1. The Hall–Kier alpha value is -3.21. The number of carbonyl (C=O) groups excluding carboxylic acids is 1. The molecule has 6 rings (SSSR count). The number of thioether (sulfide) groups is 1. The normalized spacial score (nSPS) is 39.0. The van der Waals surface area contributed by atoms with Gasteiger partial charge in [0, 0.05) is 72.8 Å². The largest absolute Gasteiger partial charge is 0.477 e. The average Bonchev–Trinajstić information content (AvgIpc) is 3.46. The fourth-order valence-corrected chi connectivity index (χ4v) is 14.6. The number of carboxylic acids is 1. The first-order valence-electron chi connectivity index (χ1n) is 27.7. The molecule has 20 atom stereocenters. The number of carboxylic acid groups (broad SMARTS) is 1. The number of hydrogen-bond donors (Lipinski definition) is 6. The third kappa shape index (κ3) is 14.4. The van der Waals surface area contributed by atoms with E-state index in [1.165, 1.54) is 38.9 Å². The van der Waals surface area contributed by atoms with Crippen LogP contribution in [0.15, 0.2) is 33.2 Å². The zero-order valence-electron chi connectivity index (χ0n) is 48.3. The van der Waals surface area contributed by atoms with Crippen molar-refractivity contribution in [1.82, 2.24) is 14.8 Å². The van der Waals surface area contributed by atoms with E-state index in [1.54, 1.807) is 54.5 Å². The fraction of sp³-hybridized carbons (Fsp3) is 0.800. The summed E-state index contributed by atoms with van der Waals surface area (Å²) in [6.45, 7) is 18.5. The predicted molar refractivity (Wildman–Crippen MR) is 295 cm³/mol. The minimum Gasteiger partial charge on any atom is -0.477 e. The van der Waals surface area contributed by atoms with Gasteiger partial charge in [-0.25, -0.2) is 4.79 Å². The van der Waals surface area contributed by atoms with Crippen LogP contribution in [0.1, 0.15) is 130 Å². The van der Waals surface area contributed by atoms with Gasteiger partial charge >= 0.3 is 11.9 Å². The fourth-order valence-electron chi connectivity index (χ4n) is 12.6. The Labute approximate surface area is 469 Å². The van der Waals surface area contributed by atoms with Crippen molar-refractivity contribution < 1.29 is 76.1 Å². The Kier molecular flexibility index (Phi) is 21.5. The molecule has 2 aromatic rings. The van der Waals surface area contributed by atoms with E-state index in [4.69, 9.17) is 32.6 Å². The van der Waals surface area contributed by atoms with Gasteiger partial charge in [-0.2, -0.15) is 13.3 Å². The summed E-state index contributed by atoms with van der Waals surface area (Å²) in [5.74, 6) is -5.90. The second-order valence-electron chi connectivity index (χ2n) is 23.7. The molecule has 3 fully saturated rings. The van der Waals surface area contributed by atoms with Crippen LogP contribution < -0.4 is 10.7 Å². The van der Waals surface area contributed by atoms with Crippen molar-refractivity contribution >= 4 is 44.7 Å². The minimum atomic E-state index is -4.23. The summed E-state index contributed by atoms with van der Waals surface area (Å²) in [5, 5.41) is 64.7. The van der Waals surface area contributed by atoms with Gasteiger partial charge in [-0.05, 0) is 118 Å². The molecule has 0 saturated carbocycles. The van der Waals surface area contributed by atoms with Crippen LogP contribution in [0.3, 0.4) is 0 Å². The lowest BCUT2D eigenvalue weighted by atomic mass is 9.72. The number of aromatic carboxylic acids is 1. The predicted octanol–water partition coefficient (Wildman–Crippen LogP) is 4.61. The highest BCUT2D eigenvalue weighted by molar-refractivity contribution is 7.99. The van der Waals surface area contributed by atoms with Gasteiger partial charge in [-0.15, -0.1) is 11.8 Å². The number of benzene rings is 1. The first kappa shape index (κ1) is 65.0. The number of esters is 1. The molecule has 1 aromatic heterocycles. The van der Waals surface area contributed by atoms with Crippen LogP contribution in [0.2, 0.25) is 0 Å². The summed E-state index contributed by atoms with van der Waals surface area (Å²) < 4.78 is 73.5. The summed E-state index contributed by atoms with van der Waals surface area (Å²) in [6, 6.07) is 2.23. The minimum absolute atomic E-state index is 0.0312. The van der Waals surface area contributed by atoms with Crippen molar-refractivity contribution in [2.45, 2.75) is 216 Å². The zero-order chi connectivity index (χ0) is 58.9. The van der Waals surface area contributed by atoms with Gasteiger partial charge in [0.25, 0.3) is 10.1 Å². The van der Waals surface area contributed by atoms with Gasteiger partial charge in [0.1, 0.15) is 29.5 Å². The highest BCUT2D eigenvalue weighted by Gasteiger charge is 2.55. The summed E-state index contributed by atoms with van der Waals surface area (Å²) >= 11 is 1.46. The molecule has 0 spiro atoms. The molecule has 0 bridgehead atoms. The first-order valence-corrected chi connectivity index (χ1v) is 30.3. The van der Waals surface area contributed by atoms with Crippen molar-refractivity contribution in [2.75, 3.05) is 45.8 Å². The monoisotopic (exact) mass is 1160 g/mol. The topological polar surface area (TPSA) is 301 Å². The summed E-state index contributed by atoms with van der Waals surface area (Å²) in [5.41, 5.74) is -4.41. The van der Waals surface area contributed by atoms with Gasteiger partial charge in [0.2, 0.25) is 5.43 Å². The Morgan fingerprint density at radius 3 is 2.28 bits per heavy atom. The van der Waals surface area contributed by atoms with Crippen LogP contribution in [-0.2, 0) is 53.9 Å². The van der Waals surface area contributed by atoms with Gasteiger partial charge in [0.05, 0.1) is 65.0 Å². The maximum absolute atomic E-state index is 14.5. The third-order valence-electron chi connectivity index (χ3n) is 17.2. The van der Waals surface area contributed by atoms with Gasteiger partial charge in [-0.3, -0.25) is 13.8 Å². The molecule has 22 nitrogen and oxygen atoms in total. The SMILES string of the molecule is CC[C@H]1OC(=O)[C@H](C)[C@@H](O[C@H]2C[C@@](C)(OC)[C@@H](OS(=O)(=O)CCNCCSc3cc4c5c(c3)c(=O)c(C(=O)O)cn5C(C)CC4)[C@H](C)O2)[C@H](C)[C@@H](O[C@@H]2O[C@H](C)C[C@H](N(C)C)[C@H]2O)[C@](C)(O)C[C@@H](C)C(N=O)[C@@H](C)[C@@H](O)[C@]1(C)O. The van der Waals surface area contributed by atoms with Gasteiger partial charge < -0.3 is 68.7 Å². The van der Waals surface area contributed by atoms with E-state index in [2.05, 4.69) is 10.5 Å². The van der Waals surface area contributed by atoms with E-state index in [-0.39, 0.29) is 43.5 Å². The molecule has 4 aliphatic heterocycles. The Morgan fingerprint density at radius 1 is 0.975 bits per heavy atom. The van der Waals surface area contributed by atoms with Gasteiger partial charge in [0.15, 0.2) is 12.6 Å². The molecule has 6 N–H and O–H groups in total. The Balaban J connectivity index is 1.20. The van der Waals surface area contributed by atoms with Crippen molar-refractivity contribution in [3.05, 3.63) is 44.6 Å². The lowest BCUT2D eigenvalue weighted by Gasteiger charge is -2.49. The number of aromatic nitrogens is 1. The highest BCUT2D eigenvalue weighted by Crippen LogP contribution is 2.43. The molecule has 5 heterocycles. The number of ether oxygens (including phenoxy) is 6. The van der Waals surface area contributed by atoms with Crippen molar-refractivity contribution in [2.24, 2.45) is 28.8 Å². The molecule has 2 unspecified atom stereocenters. The number of hydrogen-bond acceptors (Lipinski definition) is 21. The maximum atomic E-state index is 14.5. The number of aryl methyl sites for hydroxylation is 1. The number of pyridine rings is 1. The molecule has 0 amide bonds. The second-order valence-corrected chi connectivity index (χ2v) is 26.6. The van der Waals surface area contributed by atoms with Crippen LogP contribution in [0.25, 0.3) is 10.9 Å². The highest BCUT2D eigenvalue weighted by atomic mass is 32.2. The Bertz CT molecular complexity index is 2620. The number of cyclic esters (lactones) is 1. The standard InChI is InChI=1S/C55H88N4O18S2/c1-15-40-55(11,67)47(62)31(5)42(57-68)28(2)25-53(9,66)48(76-52-45(61)39(58(12)13)22-30(4)72-52)32(6)46(33(7)51(65)74-40)75-41-26-54(10,71-14)49(34(8)73-41)77-79(69,70)21-19-56-18-20-78-36-23-35-17-16-29(3)59-27-38(50(63)64)44(60)37(24-36)43(35)59/h23-24,27-34,39-42,45-49,52,56,61-62,66-67H,15-22,25-26H2,1-14H3,(H,63,64)/t28-,29?,30-,31-,32+,33-,34+,39+,40-,41+,42?,45-,46+,47-,48-,49+,52+,53-,54-,55-/m1/s1. The van der Waals surface area contributed by atoms with Crippen LogP contribution >= 0.6 is 11.8 Å². The molecular formula is C55H88N4O18S2. The van der Waals surface area contributed by atoms with Crippen LogP contribution in [0, 0.1) is 28.6 Å². The number of nitrogens with one attached hydrogen (secondary N) is 1. The van der Waals surface area contributed by atoms with E-state index >= 15 is 0 Å². The number of aliphatic hydroxyl groups is 4. The van der Waals surface area contributed by atoms with Gasteiger partial charge in [-0.1, -0.05) is 32.9 Å². The van der Waals surface area contributed by atoms with Crippen molar-refractivity contribution in [3.8, 4) is 0 Å². The van der Waals surface area contributed by atoms with E-state index in [9.17, 15) is 53.2 Å². The molecule has 448 valence electrons. The number of nitroso groups, excluding NO2 is 1. The lowest BCUT2D eigenvalue weighted by molar-refractivity contribution is -0.316. The molecule has 0 radical (unpaired) electrons. The quantitative estimate of drug-likeness (QED) is 0.0390. The van der Waals surface area contributed by atoms with Crippen LogP contribution in [0.4, 0.5) is 0 Å². The lowest BCUT2D eigenvalue weighted by Crippen LogP contribution is -2.61. The summed E-state index contributed by atoms with van der Waals surface area (Å²) in [4.78, 5) is 55.0. The number of nitrogens with zero attached hydrogens (tertiary/aromatic N) is 3. The molecule has 79 heavy (non-hydrogen) atoms. The summed E-state index contributed by atoms with van der Waals surface area (Å²) in [6.07, 6.45) is -8.44.